The van der Waals surface area contributed by atoms with Gasteiger partial charge in [0, 0.05) is 26.1 Å². The molecule has 18 heavy (non-hydrogen) atoms. The lowest BCUT2D eigenvalue weighted by molar-refractivity contribution is -0.137. The zero-order chi connectivity index (χ0) is 13.5. The van der Waals surface area contributed by atoms with Crippen molar-refractivity contribution in [2.45, 2.75) is 32.8 Å². The van der Waals surface area contributed by atoms with Gasteiger partial charge < -0.3 is 20.1 Å². The van der Waals surface area contributed by atoms with E-state index in [2.05, 4.69) is 5.32 Å². The van der Waals surface area contributed by atoms with E-state index in [1.807, 2.05) is 13.8 Å². The van der Waals surface area contributed by atoms with E-state index in [0.717, 1.165) is 0 Å². The SMILES string of the molecule is CC(CCC(=O)O)CNC(=O)N1CCOC(C)C1. The summed E-state index contributed by atoms with van der Waals surface area (Å²) in [5, 5.41) is 11.4. The first-order chi connectivity index (χ1) is 8.49. The number of nitrogens with zero attached hydrogens (tertiary/aromatic N) is 1. The van der Waals surface area contributed by atoms with Crippen molar-refractivity contribution in [2.24, 2.45) is 5.92 Å². The van der Waals surface area contributed by atoms with Crippen LogP contribution in [0.4, 0.5) is 4.79 Å². The average Bonchev–Trinajstić information content (AvgIpc) is 2.33. The van der Waals surface area contributed by atoms with Crippen LogP contribution in [0.25, 0.3) is 0 Å². The van der Waals surface area contributed by atoms with Gasteiger partial charge in [0.1, 0.15) is 0 Å². The average molecular weight is 258 g/mol. The van der Waals surface area contributed by atoms with Crippen LogP contribution >= 0.6 is 0 Å². The summed E-state index contributed by atoms with van der Waals surface area (Å²) in [7, 11) is 0. The molecule has 1 rings (SSSR count). The number of carboxylic acids is 1. The highest BCUT2D eigenvalue weighted by molar-refractivity contribution is 5.74. The number of ether oxygens (including phenoxy) is 1. The zero-order valence-corrected chi connectivity index (χ0v) is 11.0. The molecule has 0 radical (unpaired) electrons. The number of rotatable bonds is 5. The van der Waals surface area contributed by atoms with E-state index in [0.29, 0.717) is 32.7 Å². The Balaban J connectivity index is 2.21. The monoisotopic (exact) mass is 258 g/mol. The van der Waals surface area contributed by atoms with Crippen molar-refractivity contribution >= 4 is 12.0 Å². The number of carbonyl (C=O) groups is 2. The number of urea groups is 1. The van der Waals surface area contributed by atoms with E-state index < -0.39 is 5.97 Å². The predicted octanol–water partition coefficient (Wildman–Crippen LogP) is 0.918. The summed E-state index contributed by atoms with van der Waals surface area (Å²) in [6, 6.07) is -0.0904. The summed E-state index contributed by atoms with van der Waals surface area (Å²) >= 11 is 0. The van der Waals surface area contributed by atoms with Crippen LogP contribution in [-0.4, -0.2) is 54.4 Å². The standard InChI is InChI=1S/C12H22N2O4/c1-9(3-4-11(15)16)7-13-12(17)14-5-6-18-10(2)8-14/h9-10H,3-8H2,1-2H3,(H,13,17)(H,15,16). The smallest absolute Gasteiger partial charge is 0.317 e. The van der Waals surface area contributed by atoms with Crippen molar-refractivity contribution in [1.82, 2.24) is 10.2 Å². The second-order valence-electron chi connectivity index (χ2n) is 4.85. The number of aliphatic carboxylic acids is 1. The molecule has 0 bridgehead atoms. The first-order valence-electron chi connectivity index (χ1n) is 6.35. The van der Waals surface area contributed by atoms with Gasteiger partial charge in [-0.3, -0.25) is 4.79 Å². The quantitative estimate of drug-likeness (QED) is 0.768. The van der Waals surface area contributed by atoms with Crippen LogP contribution in [-0.2, 0) is 9.53 Å². The lowest BCUT2D eigenvalue weighted by Crippen LogP contribution is -2.49. The van der Waals surface area contributed by atoms with Crippen LogP contribution in [0.3, 0.4) is 0 Å². The van der Waals surface area contributed by atoms with Crippen LogP contribution in [0.5, 0.6) is 0 Å². The molecule has 0 spiro atoms. The molecule has 6 nitrogen and oxygen atoms in total. The van der Waals surface area contributed by atoms with E-state index in [1.54, 1.807) is 4.90 Å². The highest BCUT2D eigenvalue weighted by Gasteiger charge is 2.21. The Labute approximate surface area is 107 Å². The predicted molar refractivity (Wildman–Crippen MR) is 66.4 cm³/mol. The molecule has 0 aromatic carbocycles. The molecule has 1 saturated heterocycles. The topological polar surface area (TPSA) is 78.9 Å². The number of hydrogen-bond acceptors (Lipinski definition) is 3. The molecule has 2 unspecified atom stereocenters. The highest BCUT2D eigenvalue weighted by Crippen LogP contribution is 2.06. The van der Waals surface area contributed by atoms with Crippen molar-refractivity contribution < 1.29 is 19.4 Å². The van der Waals surface area contributed by atoms with Gasteiger partial charge in [-0.25, -0.2) is 4.79 Å². The van der Waals surface area contributed by atoms with Crippen LogP contribution in [0.2, 0.25) is 0 Å². The maximum Gasteiger partial charge on any atom is 0.317 e. The fourth-order valence-electron chi connectivity index (χ4n) is 1.85. The number of amides is 2. The Morgan fingerprint density at radius 1 is 1.56 bits per heavy atom. The zero-order valence-electron chi connectivity index (χ0n) is 11.0. The van der Waals surface area contributed by atoms with Gasteiger partial charge in [-0.05, 0) is 19.3 Å². The van der Waals surface area contributed by atoms with Crippen molar-refractivity contribution in [2.75, 3.05) is 26.2 Å². The number of nitrogens with one attached hydrogen (secondary N) is 1. The van der Waals surface area contributed by atoms with Crippen molar-refractivity contribution in [3.05, 3.63) is 0 Å². The Morgan fingerprint density at radius 2 is 2.28 bits per heavy atom. The van der Waals surface area contributed by atoms with Gasteiger partial charge in [0.05, 0.1) is 12.7 Å². The molecule has 0 aliphatic carbocycles. The van der Waals surface area contributed by atoms with E-state index in [9.17, 15) is 9.59 Å². The molecule has 1 fully saturated rings. The Morgan fingerprint density at radius 3 is 2.89 bits per heavy atom. The van der Waals surface area contributed by atoms with Gasteiger partial charge in [0.25, 0.3) is 0 Å². The second-order valence-corrected chi connectivity index (χ2v) is 4.85. The number of carbonyl (C=O) groups excluding carboxylic acids is 1. The van der Waals surface area contributed by atoms with Gasteiger partial charge in [-0.2, -0.15) is 0 Å². The summed E-state index contributed by atoms with van der Waals surface area (Å²) in [4.78, 5) is 24.0. The Kier molecular flexibility index (Phi) is 5.91. The molecule has 0 aromatic heterocycles. The molecule has 1 aliphatic heterocycles. The number of morpholine rings is 1. The summed E-state index contributed by atoms with van der Waals surface area (Å²) in [6.07, 6.45) is 0.801. The van der Waals surface area contributed by atoms with Crippen molar-refractivity contribution in [3.63, 3.8) is 0 Å². The van der Waals surface area contributed by atoms with Crippen LogP contribution < -0.4 is 5.32 Å². The lowest BCUT2D eigenvalue weighted by Gasteiger charge is -2.31. The molecule has 1 aliphatic rings. The third kappa shape index (κ3) is 5.35. The minimum Gasteiger partial charge on any atom is -0.481 e. The van der Waals surface area contributed by atoms with Gasteiger partial charge in [0.15, 0.2) is 0 Å². The van der Waals surface area contributed by atoms with Crippen LogP contribution in [0.15, 0.2) is 0 Å². The molecule has 2 N–H and O–H groups in total. The van der Waals surface area contributed by atoms with Gasteiger partial charge in [0.2, 0.25) is 0 Å². The molecule has 104 valence electrons. The third-order valence-corrected chi connectivity index (χ3v) is 2.98. The molecule has 1 heterocycles. The van der Waals surface area contributed by atoms with Gasteiger partial charge in [-0.1, -0.05) is 6.92 Å². The van der Waals surface area contributed by atoms with Crippen molar-refractivity contribution in [3.8, 4) is 0 Å². The fourth-order valence-corrected chi connectivity index (χ4v) is 1.85. The van der Waals surface area contributed by atoms with Gasteiger partial charge in [-0.15, -0.1) is 0 Å². The summed E-state index contributed by atoms with van der Waals surface area (Å²) in [5.41, 5.74) is 0. The molecule has 0 saturated carbocycles. The van der Waals surface area contributed by atoms with Crippen molar-refractivity contribution in [1.29, 1.82) is 0 Å². The molecule has 0 aromatic rings. The molecule has 2 amide bonds. The Bertz CT molecular complexity index is 296. The molecule has 6 heteroatoms. The number of hydrogen-bond donors (Lipinski definition) is 2. The molecular formula is C12H22N2O4. The first-order valence-corrected chi connectivity index (χ1v) is 6.35. The van der Waals surface area contributed by atoms with E-state index >= 15 is 0 Å². The minimum atomic E-state index is -0.796. The maximum absolute atomic E-state index is 11.8. The van der Waals surface area contributed by atoms with Crippen LogP contribution in [0.1, 0.15) is 26.7 Å². The summed E-state index contributed by atoms with van der Waals surface area (Å²) in [6.45, 7) is 6.18. The third-order valence-electron chi connectivity index (χ3n) is 2.98. The normalized spacial score (nSPS) is 21.4. The highest BCUT2D eigenvalue weighted by atomic mass is 16.5. The fraction of sp³-hybridized carbons (Fsp3) is 0.833. The Hall–Kier alpha value is -1.30. The summed E-state index contributed by atoms with van der Waals surface area (Å²) < 4.78 is 5.36. The van der Waals surface area contributed by atoms with E-state index in [4.69, 9.17) is 9.84 Å². The van der Waals surface area contributed by atoms with E-state index in [-0.39, 0.29) is 24.5 Å². The summed E-state index contributed by atoms with van der Waals surface area (Å²) in [5.74, 6) is -0.626. The lowest BCUT2D eigenvalue weighted by atomic mass is 10.1. The maximum atomic E-state index is 11.8. The molecular weight excluding hydrogens is 236 g/mol. The van der Waals surface area contributed by atoms with Gasteiger partial charge >= 0.3 is 12.0 Å². The number of carboxylic acid groups (broad SMARTS) is 1. The second kappa shape index (κ2) is 7.20. The minimum absolute atomic E-state index is 0.0777. The van der Waals surface area contributed by atoms with Crippen LogP contribution in [0, 0.1) is 5.92 Å². The largest absolute Gasteiger partial charge is 0.481 e. The first kappa shape index (κ1) is 14.8. The van der Waals surface area contributed by atoms with E-state index in [1.165, 1.54) is 0 Å². The molecule has 2 atom stereocenters.